The van der Waals surface area contributed by atoms with E-state index in [4.69, 9.17) is 0 Å². The summed E-state index contributed by atoms with van der Waals surface area (Å²) in [4.78, 5) is 14.2. The number of carbonyl (C=O) groups excluding carboxylic acids is 1. The molecule has 4 fully saturated rings. The predicted octanol–water partition coefficient (Wildman–Crippen LogP) is 6.64. The topological polar surface area (TPSA) is 57.5 Å². The lowest BCUT2D eigenvalue weighted by atomic mass is 9.36. The summed E-state index contributed by atoms with van der Waals surface area (Å²) in [6.45, 7) is 18.4. The van der Waals surface area contributed by atoms with Gasteiger partial charge in [0.25, 0.3) is 0 Å². The van der Waals surface area contributed by atoms with Crippen molar-refractivity contribution < 1.29 is 15.0 Å². The molecule has 10 atom stereocenters. The van der Waals surface area contributed by atoms with Crippen molar-refractivity contribution in [3.63, 3.8) is 0 Å². The normalized spacial score (nSPS) is 48.7. The Morgan fingerprint density at radius 1 is 0.879 bits per heavy atom. The number of ketones is 1. The number of fused-ring (bicyclic) bond motifs is 5. The van der Waals surface area contributed by atoms with Gasteiger partial charge in [0, 0.05) is 11.8 Å². The van der Waals surface area contributed by atoms with Crippen molar-refractivity contribution in [2.24, 2.45) is 57.2 Å². The minimum atomic E-state index is -0.239. The molecule has 0 heterocycles. The summed E-state index contributed by atoms with van der Waals surface area (Å²) < 4.78 is 0. The largest absolute Gasteiger partial charge is 0.393 e. The lowest BCUT2D eigenvalue weighted by Gasteiger charge is -2.67. The second kappa shape index (κ2) is 8.32. The predicted molar refractivity (Wildman–Crippen MR) is 135 cm³/mol. The van der Waals surface area contributed by atoms with Gasteiger partial charge in [-0.3, -0.25) is 4.79 Å². The molecule has 3 heteroatoms. The van der Waals surface area contributed by atoms with Crippen LogP contribution in [0.5, 0.6) is 0 Å². The fraction of sp³-hybridized carbons (Fsp3) is 0.967. The molecule has 0 aliphatic heterocycles. The Balaban J connectivity index is 1.62. The van der Waals surface area contributed by atoms with E-state index in [9.17, 15) is 15.0 Å². The maximum atomic E-state index is 14.2. The second-order valence-electron chi connectivity index (χ2n) is 14.5. The van der Waals surface area contributed by atoms with E-state index in [1.165, 1.54) is 12.8 Å². The van der Waals surface area contributed by atoms with Crippen molar-refractivity contribution in [3.05, 3.63) is 0 Å². The molecular weight excluding hydrogens is 408 g/mol. The number of aliphatic hydroxyl groups excluding tert-OH is 2. The summed E-state index contributed by atoms with van der Waals surface area (Å²) in [6.07, 6.45) is 8.81. The first kappa shape index (κ1) is 25.7. The molecule has 4 rings (SSSR count). The van der Waals surface area contributed by atoms with Crippen LogP contribution in [0, 0.1) is 57.2 Å². The van der Waals surface area contributed by atoms with Crippen LogP contribution >= 0.6 is 0 Å². The smallest absolute Gasteiger partial charge is 0.139 e. The lowest BCUT2D eigenvalue weighted by molar-refractivity contribution is -0.202. The van der Waals surface area contributed by atoms with Gasteiger partial charge in [0.15, 0.2) is 0 Å². The van der Waals surface area contributed by atoms with Gasteiger partial charge in [-0.2, -0.15) is 0 Å². The Bertz CT molecular complexity index is 758. The molecule has 0 aromatic heterocycles. The number of hydrogen-bond donors (Lipinski definition) is 2. The van der Waals surface area contributed by atoms with Crippen LogP contribution in [0.2, 0.25) is 0 Å². The number of hydrogen-bond acceptors (Lipinski definition) is 3. The fourth-order valence-electron chi connectivity index (χ4n) is 10.0. The molecule has 190 valence electrons. The highest BCUT2D eigenvalue weighted by atomic mass is 16.3. The summed E-state index contributed by atoms with van der Waals surface area (Å²) in [6, 6.07) is 0. The highest BCUT2D eigenvalue weighted by molar-refractivity contribution is 5.87. The van der Waals surface area contributed by atoms with Crippen molar-refractivity contribution in [1.82, 2.24) is 0 Å². The van der Waals surface area contributed by atoms with Crippen LogP contribution in [0.25, 0.3) is 0 Å². The van der Waals surface area contributed by atoms with Crippen molar-refractivity contribution >= 4 is 5.78 Å². The Morgan fingerprint density at radius 3 is 2.15 bits per heavy atom. The number of aliphatic hydroxyl groups is 2. The Kier molecular flexibility index (Phi) is 6.48. The average molecular weight is 461 g/mol. The Labute approximate surface area is 203 Å². The molecular formula is C30H52O3. The van der Waals surface area contributed by atoms with E-state index in [0.717, 1.165) is 44.9 Å². The first-order valence-electron chi connectivity index (χ1n) is 14.1. The summed E-state index contributed by atoms with van der Waals surface area (Å²) in [7, 11) is 0. The summed E-state index contributed by atoms with van der Waals surface area (Å²) in [5.74, 6) is 3.28. The maximum absolute atomic E-state index is 14.2. The van der Waals surface area contributed by atoms with Crippen molar-refractivity contribution in [2.75, 3.05) is 0 Å². The van der Waals surface area contributed by atoms with Gasteiger partial charge in [0.2, 0.25) is 0 Å². The van der Waals surface area contributed by atoms with Crippen LogP contribution in [0.4, 0.5) is 0 Å². The number of rotatable bonds is 5. The van der Waals surface area contributed by atoms with Crippen LogP contribution in [0.3, 0.4) is 0 Å². The molecule has 0 aromatic rings. The van der Waals surface area contributed by atoms with Gasteiger partial charge in [0.05, 0.1) is 12.2 Å². The van der Waals surface area contributed by atoms with E-state index in [0.29, 0.717) is 41.3 Å². The lowest BCUT2D eigenvalue weighted by Crippen LogP contribution is -2.65. The molecule has 4 aliphatic carbocycles. The van der Waals surface area contributed by atoms with E-state index in [-0.39, 0.29) is 33.9 Å². The number of carbonyl (C=O) groups is 1. The molecule has 4 saturated carbocycles. The van der Waals surface area contributed by atoms with Crippen molar-refractivity contribution in [2.45, 2.75) is 125 Å². The molecule has 0 saturated heterocycles. The zero-order valence-electron chi connectivity index (χ0n) is 22.8. The average Bonchev–Trinajstić information content (AvgIpc) is 3.00. The van der Waals surface area contributed by atoms with Crippen LogP contribution in [-0.2, 0) is 4.79 Å². The van der Waals surface area contributed by atoms with E-state index in [2.05, 4.69) is 55.4 Å². The molecule has 2 N–H and O–H groups in total. The fourth-order valence-corrected chi connectivity index (χ4v) is 10.0. The molecule has 0 spiro atoms. The van der Waals surface area contributed by atoms with Gasteiger partial charge >= 0.3 is 0 Å². The quantitative estimate of drug-likeness (QED) is 0.483. The molecule has 3 nitrogen and oxygen atoms in total. The SMILES string of the molecule is CC(C)[C@H](O)CC[C@@H](C)[C@H]1CC[C@@]2(C)C3CCC4[C@@H](CC[C@H](O)C4(C)C)[C@]3(C)C(=O)C[C@]12C. The van der Waals surface area contributed by atoms with Gasteiger partial charge in [-0.25, -0.2) is 0 Å². The van der Waals surface area contributed by atoms with E-state index >= 15 is 0 Å². The van der Waals surface area contributed by atoms with Gasteiger partial charge < -0.3 is 10.2 Å². The van der Waals surface area contributed by atoms with E-state index in [1.54, 1.807) is 0 Å². The molecule has 0 bridgehead atoms. The molecule has 0 amide bonds. The van der Waals surface area contributed by atoms with Gasteiger partial charge in [0.1, 0.15) is 5.78 Å². The molecule has 0 radical (unpaired) electrons. The monoisotopic (exact) mass is 460 g/mol. The summed E-state index contributed by atoms with van der Waals surface area (Å²) >= 11 is 0. The minimum absolute atomic E-state index is 0.0625. The van der Waals surface area contributed by atoms with E-state index < -0.39 is 0 Å². The van der Waals surface area contributed by atoms with Crippen molar-refractivity contribution in [3.8, 4) is 0 Å². The van der Waals surface area contributed by atoms with Gasteiger partial charge in [-0.05, 0) is 103 Å². The first-order chi connectivity index (χ1) is 15.2. The highest BCUT2D eigenvalue weighted by Crippen LogP contribution is 2.74. The standard InChI is InChI=1S/C30H52O3/c1-18(2)23(31)12-9-19(3)20-15-16-28(6)24-13-10-21-22(11-14-25(32)27(21,4)5)30(24,8)26(33)17-29(20,28)7/h18-25,31-32H,9-17H2,1-8H3/t19-,20-,21?,22-,23-,24?,25+,28+,29-,30+/m1/s1. The minimum Gasteiger partial charge on any atom is -0.393 e. The Hall–Kier alpha value is -0.410. The maximum Gasteiger partial charge on any atom is 0.139 e. The number of Topliss-reactive ketones (excluding diaryl/α,β-unsaturated/α-hetero) is 1. The highest BCUT2D eigenvalue weighted by Gasteiger charge is 2.71. The zero-order chi connectivity index (χ0) is 24.6. The van der Waals surface area contributed by atoms with Crippen LogP contribution in [-0.4, -0.2) is 28.2 Å². The third kappa shape index (κ3) is 3.52. The van der Waals surface area contributed by atoms with Gasteiger partial charge in [-0.15, -0.1) is 0 Å². The van der Waals surface area contributed by atoms with Crippen LogP contribution < -0.4 is 0 Å². The Morgan fingerprint density at radius 2 is 1.52 bits per heavy atom. The molecule has 0 aromatic carbocycles. The second-order valence-corrected chi connectivity index (χ2v) is 14.5. The molecule has 4 aliphatic rings. The van der Waals surface area contributed by atoms with Gasteiger partial charge in [-0.1, -0.05) is 55.4 Å². The van der Waals surface area contributed by atoms with E-state index in [1.807, 2.05) is 0 Å². The molecule has 2 unspecified atom stereocenters. The molecule has 33 heavy (non-hydrogen) atoms. The van der Waals surface area contributed by atoms with Crippen molar-refractivity contribution in [1.29, 1.82) is 0 Å². The van der Waals surface area contributed by atoms with Crippen LogP contribution in [0.15, 0.2) is 0 Å². The third-order valence-electron chi connectivity index (χ3n) is 12.7. The third-order valence-corrected chi connectivity index (χ3v) is 12.7. The zero-order valence-corrected chi connectivity index (χ0v) is 22.8. The van der Waals surface area contributed by atoms with Crippen LogP contribution in [0.1, 0.15) is 113 Å². The first-order valence-corrected chi connectivity index (χ1v) is 14.1. The summed E-state index contributed by atoms with van der Waals surface area (Å²) in [5, 5.41) is 21.2. The summed E-state index contributed by atoms with van der Waals surface area (Å²) in [5.41, 5.74) is -0.0627.